The fourth-order valence-electron chi connectivity index (χ4n) is 0.803. The van der Waals surface area contributed by atoms with Crippen LogP contribution in [-0.2, 0) is 0 Å². The molecule has 1 aromatic carbocycles. The van der Waals surface area contributed by atoms with Crippen LogP contribution in [0.25, 0.3) is 0 Å². The second-order valence-electron chi connectivity index (χ2n) is 2.25. The van der Waals surface area contributed by atoms with E-state index in [1.54, 1.807) is 6.07 Å². The van der Waals surface area contributed by atoms with Crippen LogP contribution < -0.4 is 4.74 Å². The molecule has 0 spiro atoms. The molecule has 0 aliphatic rings. The molecule has 0 aliphatic heterocycles. The second kappa shape index (κ2) is 3.51. The zero-order valence-electron chi connectivity index (χ0n) is 6.56. The molecule has 0 atom stereocenters. The first-order valence-electron chi connectivity index (χ1n) is 3.40. The molecule has 0 amide bonds. The molecule has 0 aliphatic carbocycles. The largest absolute Gasteiger partial charge is 0.573 e. The van der Waals surface area contributed by atoms with Gasteiger partial charge < -0.3 is 4.74 Å². The van der Waals surface area contributed by atoms with Crippen LogP contribution >= 0.6 is 0 Å². The minimum absolute atomic E-state index is 0.263. The lowest BCUT2D eigenvalue weighted by molar-refractivity contribution is -0.274. The van der Waals surface area contributed by atoms with Crippen LogP contribution in [0.4, 0.5) is 13.2 Å². The smallest absolute Gasteiger partial charge is 0.406 e. The summed E-state index contributed by atoms with van der Waals surface area (Å²) in [6, 6.07) is 5.44. The van der Waals surface area contributed by atoms with Gasteiger partial charge in [0.15, 0.2) is 0 Å². The third kappa shape index (κ3) is 3.19. The minimum atomic E-state index is -4.65. The molecule has 0 bridgehead atoms. The first kappa shape index (κ1) is 9.64. The summed E-state index contributed by atoms with van der Waals surface area (Å²) in [7, 11) is 0. The van der Waals surface area contributed by atoms with Gasteiger partial charge in [0, 0.05) is 0 Å². The van der Waals surface area contributed by atoms with E-state index in [1.807, 2.05) is 0 Å². The molecule has 0 heterocycles. The maximum absolute atomic E-state index is 11.7. The van der Waals surface area contributed by atoms with Gasteiger partial charge in [-0.3, -0.25) is 0 Å². The highest BCUT2D eigenvalue weighted by Crippen LogP contribution is 2.23. The SMILES string of the molecule is C=[C]c1cccc(OC(F)(F)F)c1. The molecular weight excluding hydrogens is 181 g/mol. The Morgan fingerprint density at radius 3 is 2.54 bits per heavy atom. The molecule has 0 saturated carbocycles. The zero-order chi connectivity index (χ0) is 9.90. The van der Waals surface area contributed by atoms with Crippen LogP contribution in [0, 0.1) is 6.08 Å². The summed E-state index contributed by atoms with van der Waals surface area (Å²) < 4.78 is 38.8. The Balaban J connectivity index is 2.84. The maximum atomic E-state index is 11.7. The van der Waals surface area contributed by atoms with E-state index in [-0.39, 0.29) is 5.75 Å². The van der Waals surface area contributed by atoms with Gasteiger partial charge >= 0.3 is 6.36 Å². The number of alkyl halides is 3. The average Bonchev–Trinajstić information content (AvgIpc) is 2.01. The molecule has 0 saturated heterocycles. The lowest BCUT2D eigenvalue weighted by atomic mass is 10.2. The Morgan fingerprint density at radius 2 is 2.00 bits per heavy atom. The van der Waals surface area contributed by atoms with Crippen LogP contribution in [0.1, 0.15) is 5.56 Å². The molecule has 69 valence electrons. The van der Waals surface area contributed by atoms with E-state index < -0.39 is 6.36 Å². The van der Waals surface area contributed by atoms with Gasteiger partial charge in [-0.2, -0.15) is 0 Å². The first-order chi connectivity index (χ1) is 6.01. The molecular formula is C9H6F3O. The highest BCUT2D eigenvalue weighted by molar-refractivity contribution is 5.31. The number of halogens is 3. The van der Waals surface area contributed by atoms with Crippen molar-refractivity contribution in [2.45, 2.75) is 6.36 Å². The average molecular weight is 187 g/mol. The minimum Gasteiger partial charge on any atom is -0.406 e. The third-order valence-corrected chi connectivity index (χ3v) is 1.27. The fourth-order valence-corrected chi connectivity index (χ4v) is 0.803. The molecule has 1 aromatic rings. The van der Waals surface area contributed by atoms with Crippen molar-refractivity contribution >= 4 is 0 Å². The van der Waals surface area contributed by atoms with E-state index in [0.717, 1.165) is 0 Å². The van der Waals surface area contributed by atoms with Crippen LogP contribution in [0.5, 0.6) is 5.75 Å². The Morgan fingerprint density at radius 1 is 1.31 bits per heavy atom. The van der Waals surface area contributed by atoms with Crippen molar-refractivity contribution in [3.8, 4) is 5.75 Å². The molecule has 4 heteroatoms. The molecule has 1 radical (unpaired) electrons. The van der Waals surface area contributed by atoms with Crippen molar-refractivity contribution in [2.24, 2.45) is 0 Å². The molecule has 0 unspecified atom stereocenters. The topological polar surface area (TPSA) is 9.23 Å². The first-order valence-corrected chi connectivity index (χ1v) is 3.40. The quantitative estimate of drug-likeness (QED) is 0.691. The number of rotatable bonds is 2. The van der Waals surface area contributed by atoms with Crippen LogP contribution in [0.15, 0.2) is 30.8 Å². The van der Waals surface area contributed by atoms with Gasteiger partial charge in [-0.1, -0.05) is 18.7 Å². The normalized spacial score (nSPS) is 11.0. The van der Waals surface area contributed by atoms with Crippen LogP contribution in [0.2, 0.25) is 0 Å². The number of hydrogen-bond donors (Lipinski definition) is 0. The molecule has 0 aromatic heterocycles. The summed E-state index contributed by atoms with van der Waals surface area (Å²) in [5.41, 5.74) is 0.460. The van der Waals surface area contributed by atoms with E-state index >= 15 is 0 Å². The monoisotopic (exact) mass is 187 g/mol. The highest BCUT2D eigenvalue weighted by Gasteiger charge is 2.30. The van der Waals surface area contributed by atoms with Gasteiger partial charge in [-0.25, -0.2) is 0 Å². The molecule has 1 rings (SSSR count). The van der Waals surface area contributed by atoms with Gasteiger partial charge in [0.05, 0.1) is 0 Å². The van der Waals surface area contributed by atoms with Crippen LogP contribution in [0.3, 0.4) is 0 Å². The van der Waals surface area contributed by atoms with E-state index in [4.69, 9.17) is 0 Å². The van der Waals surface area contributed by atoms with Gasteiger partial charge in [-0.05, 0) is 23.8 Å². The van der Waals surface area contributed by atoms with E-state index in [2.05, 4.69) is 17.4 Å². The number of ether oxygens (including phenoxy) is 1. The summed E-state index contributed by atoms with van der Waals surface area (Å²) in [6.45, 7) is 3.31. The zero-order valence-corrected chi connectivity index (χ0v) is 6.56. The standard InChI is InChI=1S/C9H6F3O/c1-2-7-4-3-5-8(6-7)13-9(10,11)12/h3-6H,1H2. The van der Waals surface area contributed by atoms with E-state index in [1.165, 1.54) is 18.2 Å². The summed E-state index contributed by atoms with van der Waals surface area (Å²) in [6.07, 6.45) is -2.20. The Labute approximate surface area is 73.4 Å². The number of hydrogen-bond acceptors (Lipinski definition) is 1. The van der Waals surface area contributed by atoms with Crippen molar-refractivity contribution in [3.63, 3.8) is 0 Å². The van der Waals surface area contributed by atoms with Crippen molar-refractivity contribution in [1.82, 2.24) is 0 Å². The molecule has 0 N–H and O–H groups in total. The lowest BCUT2D eigenvalue weighted by Crippen LogP contribution is -2.17. The van der Waals surface area contributed by atoms with Crippen molar-refractivity contribution < 1.29 is 17.9 Å². The maximum Gasteiger partial charge on any atom is 0.573 e. The summed E-state index contributed by atoms with van der Waals surface area (Å²) in [5.74, 6) is -0.263. The molecule has 1 nitrogen and oxygen atoms in total. The lowest BCUT2D eigenvalue weighted by Gasteiger charge is -2.08. The van der Waals surface area contributed by atoms with E-state index in [0.29, 0.717) is 5.56 Å². The van der Waals surface area contributed by atoms with Crippen molar-refractivity contribution in [3.05, 3.63) is 42.5 Å². The molecule has 0 fully saturated rings. The van der Waals surface area contributed by atoms with Gasteiger partial charge in [0.1, 0.15) is 5.75 Å². The molecule has 13 heavy (non-hydrogen) atoms. The van der Waals surface area contributed by atoms with Crippen molar-refractivity contribution in [1.29, 1.82) is 0 Å². The predicted molar refractivity (Wildman–Crippen MR) is 41.1 cm³/mol. The van der Waals surface area contributed by atoms with Crippen molar-refractivity contribution in [2.75, 3.05) is 0 Å². The highest BCUT2D eigenvalue weighted by atomic mass is 19.4. The van der Waals surface area contributed by atoms with Gasteiger partial charge in [0.25, 0.3) is 0 Å². The predicted octanol–water partition coefficient (Wildman–Crippen LogP) is 2.92. The van der Waals surface area contributed by atoms with E-state index in [9.17, 15) is 13.2 Å². The summed E-state index contributed by atoms with van der Waals surface area (Å²) in [5, 5.41) is 0. The van der Waals surface area contributed by atoms with Crippen LogP contribution in [-0.4, -0.2) is 6.36 Å². The second-order valence-corrected chi connectivity index (χ2v) is 2.25. The Hall–Kier alpha value is -1.45. The summed E-state index contributed by atoms with van der Waals surface area (Å²) in [4.78, 5) is 0. The fraction of sp³-hybridized carbons (Fsp3) is 0.111. The number of benzene rings is 1. The van der Waals surface area contributed by atoms with Gasteiger partial charge in [0.2, 0.25) is 0 Å². The third-order valence-electron chi connectivity index (χ3n) is 1.27. The van der Waals surface area contributed by atoms with Gasteiger partial charge in [-0.15, -0.1) is 13.2 Å². The summed E-state index contributed by atoms with van der Waals surface area (Å²) >= 11 is 0. The Kier molecular flexibility index (Phi) is 2.60. The Bertz CT molecular complexity index is 304.